The monoisotopic (exact) mass is 380 g/mol. The first kappa shape index (κ1) is 19.5. The number of carbonyl (C=O) groups is 1. The summed E-state index contributed by atoms with van der Waals surface area (Å²) in [5.41, 5.74) is 2.43. The Bertz CT molecular complexity index is 957. The van der Waals surface area contributed by atoms with Crippen molar-refractivity contribution in [3.8, 4) is 11.5 Å². The molecule has 28 heavy (non-hydrogen) atoms. The van der Waals surface area contributed by atoms with E-state index in [0.717, 1.165) is 18.4 Å². The fourth-order valence-electron chi connectivity index (χ4n) is 2.77. The molecule has 146 valence electrons. The Hall–Kier alpha value is -3.28. The zero-order valence-corrected chi connectivity index (χ0v) is 15.9. The van der Waals surface area contributed by atoms with E-state index in [0.29, 0.717) is 34.8 Å². The lowest BCUT2D eigenvalue weighted by molar-refractivity contribution is -0.304. The predicted octanol–water partition coefficient (Wildman–Crippen LogP) is 3.70. The van der Waals surface area contributed by atoms with Crippen molar-refractivity contribution in [2.45, 2.75) is 26.2 Å². The zero-order valence-electron chi connectivity index (χ0n) is 15.9. The van der Waals surface area contributed by atoms with Gasteiger partial charge in [0.25, 0.3) is 0 Å². The summed E-state index contributed by atoms with van der Waals surface area (Å²) < 4.78 is 16.9. The number of aromatic nitrogens is 1. The molecule has 0 N–H and O–H groups in total. The van der Waals surface area contributed by atoms with Crippen LogP contribution < -0.4 is 14.6 Å². The number of methoxy groups -OCH3 is 1. The van der Waals surface area contributed by atoms with Crippen LogP contribution in [-0.2, 0) is 4.79 Å². The highest BCUT2D eigenvalue weighted by Gasteiger charge is 2.12. The van der Waals surface area contributed by atoms with Gasteiger partial charge in [0.1, 0.15) is 5.52 Å². The molecule has 0 aliphatic carbocycles. The lowest BCUT2D eigenvalue weighted by Gasteiger charge is -2.11. The van der Waals surface area contributed by atoms with Crippen molar-refractivity contribution in [3.05, 3.63) is 53.9 Å². The van der Waals surface area contributed by atoms with Crippen LogP contribution in [-0.4, -0.2) is 24.7 Å². The molecule has 0 aliphatic heterocycles. The van der Waals surface area contributed by atoms with Gasteiger partial charge in [-0.2, -0.15) is 0 Å². The lowest BCUT2D eigenvalue weighted by atomic mass is 10.1. The molecule has 1 heterocycles. The lowest BCUT2D eigenvalue weighted by Crippen LogP contribution is -2.22. The van der Waals surface area contributed by atoms with E-state index in [2.05, 4.69) is 11.9 Å². The van der Waals surface area contributed by atoms with E-state index in [1.165, 1.54) is 0 Å². The van der Waals surface area contributed by atoms with E-state index in [9.17, 15) is 9.90 Å². The Kier molecular flexibility index (Phi) is 6.32. The molecule has 0 amide bonds. The second-order valence-corrected chi connectivity index (χ2v) is 6.32. The molecule has 0 radical (unpaired) electrons. The summed E-state index contributed by atoms with van der Waals surface area (Å²) in [5, 5.41) is 11.2. The molecule has 0 saturated carbocycles. The summed E-state index contributed by atoms with van der Waals surface area (Å²) in [5.74, 6) is 0.277. The molecule has 6 nitrogen and oxygen atoms in total. The standard InChI is InChI=1S/C22H23NO5/c1-3-4-11-27-19-10-9-15(13-20(19)26-2)12-16(14-21(24)25)22-23-17-7-5-6-8-18(17)28-22/h5-10,12-13H,3-4,11,14H2,1-2H3,(H,24,25)/p-1/b16-12+. The van der Waals surface area contributed by atoms with Gasteiger partial charge in [-0.1, -0.05) is 31.5 Å². The topological polar surface area (TPSA) is 84.6 Å². The van der Waals surface area contributed by atoms with Crippen LogP contribution in [0.3, 0.4) is 0 Å². The molecule has 1 aromatic heterocycles. The molecular weight excluding hydrogens is 358 g/mol. The average Bonchev–Trinajstić information content (AvgIpc) is 3.12. The number of carbonyl (C=O) groups excluding carboxylic acids is 1. The largest absolute Gasteiger partial charge is 0.550 e. The minimum Gasteiger partial charge on any atom is -0.550 e. The molecule has 0 bridgehead atoms. The van der Waals surface area contributed by atoms with Gasteiger partial charge in [-0.3, -0.25) is 0 Å². The van der Waals surface area contributed by atoms with E-state index < -0.39 is 5.97 Å². The third kappa shape index (κ3) is 4.71. The number of para-hydroxylation sites is 2. The van der Waals surface area contributed by atoms with Gasteiger partial charge in [0.2, 0.25) is 5.89 Å². The van der Waals surface area contributed by atoms with Crippen molar-refractivity contribution in [1.29, 1.82) is 0 Å². The number of aliphatic carboxylic acids is 1. The Labute approximate surface area is 163 Å². The SMILES string of the molecule is CCCCOc1ccc(/C=C(\CC(=O)[O-])c2nc3ccccc3o2)cc1OC. The van der Waals surface area contributed by atoms with Gasteiger partial charge in [-0.25, -0.2) is 4.98 Å². The summed E-state index contributed by atoms with van der Waals surface area (Å²) in [6.07, 6.45) is 3.39. The van der Waals surface area contributed by atoms with Crippen LogP contribution in [0.25, 0.3) is 22.7 Å². The maximum Gasteiger partial charge on any atom is 0.223 e. The Morgan fingerprint density at radius 3 is 2.75 bits per heavy atom. The number of carboxylic acids is 1. The van der Waals surface area contributed by atoms with Gasteiger partial charge in [0.15, 0.2) is 17.1 Å². The summed E-state index contributed by atoms with van der Waals surface area (Å²) >= 11 is 0. The van der Waals surface area contributed by atoms with Gasteiger partial charge in [-0.05, 0) is 42.3 Å². The fourth-order valence-corrected chi connectivity index (χ4v) is 2.77. The fraction of sp³-hybridized carbons (Fsp3) is 0.273. The number of hydrogen-bond acceptors (Lipinski definition) is 6. The minimum atomic E-state index is -1.21. The van der Waals surface area contributed by atoms with Crippen molar-refractivity contribution < 1.29 is 23.8 Å². The summed E-state index contributed by atoms with van der Waals surface area (Å²) in [6.45, 7) is 2.71. The molecular formula is C22H22NO5-. The molecule has 0 aliphatic rings. The second kappa shape index (κ2) is 9.08. The first-order valence-electron chi connectivity index (χ1n) is 9.18. The first-order chi connectivity index (χ1) is 13.6. The van der Waals surface area contributed by atoms with E-state index >= 15 is 0 Å². The van der Waals surface area contributed by atoms with Crippen LogP contribution in [0.1, 0.15) is 37.6 Å². The molecule has 0 unspecified atom stereocenters. The number of ether oxygens (including phenoxy) is 2. The molecule has 3 aromatic rings. The van der Waals surface area contributed by atoms with Gasteiger partial charge in [0, 0.05) is 18.0 Å². The van der Waals surface area contributed by atoms with Gasteiger partial charge in [0.05, 0.1) is 13.7 Å². The zero-order chi connectivity index (χ0) is 19.9. The number of oxazole rings is 1. The van der Waals surface area contributed by atoms with Crippen molar-refractivity contribution in [2.75, 3.05) is 13.7 Å². The van der Waals surface area contributed by atoms with Crippen molar-refractivity contribution in [1.82, 2.24) is 4.98 Å². The highest BCUT2D eigenvalue weighted by molar-refractivity contribution is 5.90. The highest BCUT2D eigenvalue weighted by Crippen LogP contribution is 2.31. The van der Waals surface area contributed by atoms with Crippen molar-refractivity contribution in [2.24, 2.45) is 0 Å². The molecule has 0 saturated heterocycles. The van der Waals surface area contributed by atoms with E-state index in [1.807, 2.05) is 30.3 Å². The number of hydrogen-bond donors (Lipinski definition) is 0. The predicted molar refractivity (Wildman–Crippen MR) is 105 cm³/mol. The van der Waals surface area contributed by atoms with E-state index in [-0.39, 0.29) is 12.3 Å². The molecule has 0 spiro atoms. The molecule has 0 atom stereocenters. The normalized spacial score (nSPS) is 11.6. The smallest absolute Gasteiger partial charge is 0.223 e. The van der Waals surface area contributed by atoms with Crippen LogP contribution in [0.15, 0.2) is 46.9 Å². The first-order valence-corrected chi connectivity index (χ1v) is 9.18. The molecule has 6 heteroatoms. The third-order valence-corrected chi connectivity index (χ3v) is 4.19. The summed E-state index contributed by atoms with van der Waals surface area (Å²) in [6, 6.07) is 12.7. The van der Waals surface area contributed by atoms with Crippen LogP contribution in [0.5, 0.6) is 11.5 Å². The number of rotatable bonds is 9. The molecule has 3 rings (SSSR count). The summed E-state index contributed by atoms with van der Waals surface area (Å²) in [7, 11) is 1.57. The Morgan fingerprint density at radius 2 is 2.04 bits per heavy atom. The third-order valence-electron chi connectivity index (χ3n) is 4.19. The Balaban J connectivity index is 1.94. The van der Waals surface area contributed by atoms with E-state index in [1.54, 1.807) is 25.3 Å². The minimum absolute atomic E-state index is 0.257. The molecule has 0 fully saturated rings. The average molecular weight is 380 g/mol. The van der Waals surface area contributed by atoms with Crippen LogP contribution >= 0.6 is 0 Å². The second-order valence-electron chi connectivity index (χ2n) is 6.32. The van der Waals surface area contributed by atoms with Crippen LogP contribution in [0.2, 0.25) is 0 Å². The number of carboxylic acid groups (broad SMARTS) is 1. The Morgan fingerprint density at radius 1 is 1.21 bits per heavy atom. The summed E-state index contributed by atoms with van der Waals surface area (Å²) in [4.78, 5) is 15.6. The maximum absolute atomic E-state index is 11.2. The number of unbranched alkanes of at least 4 members (excludes halogenated alkanes) is 1. The van der Waals surface area contributed by atoms with Crippen molar-refractivity contribution >= 4 is 28.7 Å². The number of nitrogens with zero attached hydrogens (tertiary/aromatic N) is 1. The maximum atomic E-state index is 11.2. The quantitative estimate of drug-likeness (QED) is 0.526. The van der Waals surface area contributed by atoms with Crippen molar-refractivity contribution in [3.63, 3.8) is 0 Å². The van der Waals surface area contributed by atoms with Gasteiger partial charge in [-0.15, -0.1) is 0 Å². The van der Waals surface area contributed by atoms with Crippen LogP contribution in [0, 0.1) is 0 Å². The van der Waals surface area contributed by atoms with E-state index in [4.69, 9.17) is 13.9 Å². The van der Waals surface area contributed by atoms with Gasteiger partial charge >= 0.3 is 0 Å². The van der Waals surface area contributed by atoms with Gasteiger partial charge < -0.3 is 23.8 Å². The number of fused-ring (bicyclic) bond motifs is 1. The number of benzene rings is 2. The van der Waals surface area contributed by atoms with Crippen LogP contribution in [0.4, 0.5) is 0 Å². The highest BCUT2D eigenvalue weighted by atomic mass is 16.5. The molecule has 2 aromatic carbocycles.